The second-order valence-corrected chi connectivity index (χ2v) is 8.53. The molecule has 1 saturated heterocycles. The topological polar surface area (TPSA) is 90.9 Å². The molecule has 1 aromatic heterocycles. The highest BCUT2D eigenvalue weighted by molar-refractivity contribution is 14.0. The minimum absolute atomic E-state index is 0. The van der Waals surface area contributed by atoms with Crippen LogP contribution in [0.4, 0.5) is 11.5 Å². The number of hydrogen-bond acceptors (Lipinski definition) is 5. The second-order valence-electron chi connectivity index (χ2n) is 8.53. The van der Waals surface area contributed by atoms with Gasteiger partial charge in [-0.05, 0) is 37.1 Å². The van der Waals surface area contributed by atoms with Crippen LogP contribution in [0.15, 0.2) is 47.6 Å². The number of aliphatic imine (C=N–C) groups is 1. The number of carbonyl (C=O) groups is 1. The van der Waals surface area contributed by atoms with Gasteiger partial charge in [0.25, 0.3) is 0 Å². The highest BCUT2D eigenvalue weighted by Gasteiger charge is 2.25. The van der Waals surface area contributed by atoms with Gasteiger partial charge in [0.2, 0.25) is 5.91 Å². The Morgan fingerprint density at radius 1 is 1.18 bits per heavy atom. The predicted octanol–water partition coefficient (Wildman–Crippen LogP) is 3.10. The fourth-order valence-corrected chi connectivity index (χ4v) is 4.38. The van der Waals surface area contributed by atoms with Crippen molar-refractivity contribution in [1.82, 2.24) is 15.6 Å². The lowest BCUT2D eigenvalue weighted by atomic mass is 9.90. The Morgan fingerprint density at radius 3 is 2.64 bits per heavy atom. The summed E-state index contributed by atoms with van der Waals surface area (Å²) in [5, 5.41) is 9.64. The van der Waals surface area contributed by atoms with Gasteiger partial charge in [0, 0.05) is 57.4 Å². The van der Waals surface area contributed by atoms with Crippen molar-refractivity contribution in [3.8, 4) is 0 Å². The molecule has 0 saturated carbocycles. The van der Waals surface area contributed by atoms with E-state index in [9.17, 15) is 4.79 Å². The van der Waals surface area contributed by atoms with Crippen molar-refractivity contribution < 1.29 is 9.53 Å². The number of fused-ring (bicyclic) bond motifs is 1. The third-order valence-corrected chi connectivity index (χ3v) is 5.86. The lowest BCUT2D eigenvalue weighted by Gasteiger charge is -2.36. The van der Waals surface area contributed by atoms with Gasteiger partial charge in [-0.1, -0.05) is 24.3 Å². The average Bonchev–Trinajstić information content (AvgIpc) is 2.78. The summed E-state index contributed by atoms with van der Waals surface area (Å²) in [7, 11) is 1.75. The summed E-state index contributed by atoms with van der Waals surface area (Å²) in [6.45, 7) is 7.15. The van der Waals surface area contributed by atoms with Crippen molar-refractivity contribution in [1.29, 1.82) is 0 Å². The van der Waals surface area contributed by atoms with Crippen LogP contribution in [0, 0.1) is 0 Å². The van der Waals surface area contributed by atoms with Crippen molar-refractivity contribution in [3.05, 3.63) is 53.7 Å². The number of amides is 1. The number of halogens is 1. The number of guanidine groups is 1. The van der Waals surface area contributed by atoms with Gasteiger partial charge in [-0.2, -0.15) is 0 Å². The summed E-state index contributed by atoms with van der Waals surface area (Å²) in [6, 6.07) is 12.1. The van der Waals surface area contributed by atoms with E-state index in [1.54, 1.807) is 7.05 Å². The minimum atomic E-state index is 0. The number of pyridine rings is 1. The number of ether oxygens (including phenoxy) is 1. The van der Waals surface area contributed by atoms with E-state index in [0.29, 0.717) is 25.5 Å². The first-order chi connectivity index (χ1) is 15.5. The molecule has 9 heteroatoms. The van der Waals surface area contributed by atoms with Crippen molar-refractivity contribution in [2.45, 2.75) is 44.9 Å². The molecule has 2 aromatic rings. The second kappa shape index (κ2) is 11.6. The molecule has 3 N–H and O–H groups in total. The van der Waals surface area contributed by atoms with Gasteiger partial charge in [-0.15, -0.1) is 24.0 Å². The van der Waals surface area contributed by atoms with Crippen LogP contribution in [-0.4, -0.2) is 55.7 Å². The van der Waals surface area contributed by atoms with E-state index < -0.39 is 0 Å². The molecule has 0 aliphatic carbocycles. The number of nitrogens with one attached hydrogen (secondary N) is 3. The number of hydrogen-bond donors (Lipinski definition) is 3. The predicted molar refractivity (Wildman–Crippen MR) is 143 cm³/mol. The highest BCUT2D eigenvalue weighted by Crippen LogP contribution is 2.31. The summed E-state index contributed by atoms with van der Waals surface area (Å²) in [5.41, 5.74) is 3.13. The number of benzene rings is 1. The Labute approximate surface area is 212 Å². The van der Waals surface area contributed by atoms with Crippen LogP contribution in [0.1, 0.15) is 37.3 Å². The molecule has 4 rings (SSSR count). The molecule has 1 aromatic carbocycles. The molecule has 3 heterocycles. The number of carbonyl (C=O) groups excluding carboxylic acids is 1. The molecular weight excluding hydrogens is 531 g/mol. The third-order valence-electron chi connectivity index (χ3n) is 5.86. The molecule has 0 spiro atoms. The van der Waals surface area contributed by atoms with Gasteiger partial charge in [0.05, 0.1) is 12.2 Å². The Kier molecular flexibility index (Phi) is 8.90. The van der Waals surface area contributed by atoms with Crippen molar-refractivity contribution in [2.75, 3.05) is 36.9 Å². The van der Waals surface area contributed by atoms with Gasteiger partial charge < -0.3 is 25.6 Å². The fourth-order valence-electron chi connectivity index (χ4n) is 4.38. The van der Waals surface area contributed by atoms with E-state index >= 15 is 0 Å². The van der Waals surface area contributed by atoms with E-state index in [2.05, 4.69) is 62.9 Å². The Hall–Kier alpha value is -2.40. The summed E-state index contributed by atoms with van der Waals surface area (Å²) < 4.78 is 5.81. The maximum absolute atomic E-state index is 12.0. The van der Waals surface area contributed by atoms with Crippen molar-refractivity contribution in [3.63, 3.8) is 0 Å². The summed E-state index contributed by atoms with van der Waals surface area (Å²) in [5.74, 6) is 1.84. The third kappa shape index (κ3) is 6.57. The van der Waals surface area contributed by atoms with Gasteiger partial charge in [0.1, 0.15) is 5.82 Å². The van der Waals surface area contributed by atoms with Crippen LogP contribution in [0.25, 0.3) is 0 Å². The zero-order valence-corrected chi connectivity index (χ0v) is 21.7. The van der Waals surface area contributed by atoms with Crippen LogP contribution in [0.5, 0.6) is 0 Å². The fraction of sp³-hybridized carbons (Fsp3) is 0.458. The minimum Gasteiger partial charge on any atom is -0.372 e. The van der Waals surface area contributed by atoms with Crippen LogP contribution in [0.3, 0.4) is 0 Å². The molecule has 1 amide bonds. The average molecular weight is 564 g/mol. The smallest absolute Gasteiger partial charge is 0.225 e. The molecule has 0 radical (unpaired) electrons. The molecule has 8 nitrogen and oxygen atoms in total. The maximum atomic E-state index is 12.0. The van der Waals surface area contributed by atoms with Crippen molar-refractivity contribution >= 4 is 47.3 Å². The molecule has 3 atom stereocenters. The van der Waals surface area contributed by atoms with Crippen LogP contribution >= 0.6 is 24.0 Å². The van der Waals surface area contributed by atoms with E-state index in [1.165, 1.54) is 0 Å². The van der Waals surface area contributed by atoms with Crippen molar-refractivity contribution in [2.24, 2.45) is 4.99 Å². The number of anilines is 2. The largest absolute Gasteiger partial charge is 0.372 e. The molecule has 3 unspecified atom stereocenters. The Bertz CT molecular complexity index is 958. The zero-order chi connectivity index (χ0) is 22.5. The maximum Gasteiger partial charge on any atom is 0.225 e. The van der Waals surface area contributed by atoms with Gasteiger partial charge in [0.15, 0.2) is 5.96 Å². The summed E-state index contributed by atoms with van der Waals surface area (Å²) in [6.07, 6.45) is 2.78. The van der Waals surface area contributed by atoms with E-state index in [4.69, 9.17) is 4.74 Å². The quantitative estimate of drug-likeness (QED) is 0.294. The number of rotatable bonds is 5. The number of morpholine rings is 1. The number of nitrogens with zero attached hydrogens (tertiary/aromatic N) is 3. The Morgan fingerprint density at radius 2 is 1.94 bits per heavy atom. The van der Waals surface area contributed by atoms with E-state index in [0.717, 1.165) is 35.7 Å². The van der Waals surface area contributed by atoms with E-state index in [-0.39, 0.29) is 48.0 Å². The Balaban J connectivity index is 0.00000306. The van der Waals surface area contributed by atoms with Gasteiger partial charge in [-0.25, -0.2) is 4.98 Å². The monoisotopic (exact) mass is 564 g/mol. The van der Waals surface area contributed by atoms with Gasteiger partial charge in [-0.3, -0.25) is 9.79 Å². The molecule has 178 valence electrons. The number of para-hydroxylation sites is 1. The molecular formula is C24H33IN6O2. The summed E-state index contributed by atoms with van der Waals surface area (Å²) >= 11 is 0. The van der Waals surface area contributed by atoms with Crippen LogP contribution < -0.4 is 20.9 Å². The lowest BCUT2D eigenvalue weighted by Crippen LogP contribution is -2.45. The first-order valence-corrected chi connectivity index (χ1v) is 11.2. The normalized spacial score (nSPS) is 22.6. The SMILES string of the molecule is CN=C(NCc1ccc(N2CC(C)OC(C)C2)nc1)NCC1CC(=O)Nc2ccccc21.I. The van der Waals surface area contributed by atoms with Crippen LogP contribution in [0.2, 0.25) is 0 Å². The van der Waals surface area contributed by atoms with E-state index in [1.807, 2.05) is 24.4 Å². The standard InChI is InChI=1S/C24H32N6O2.HI/c1-16-14-30(15-17(2)32-16)22-9-8-18(11-26-22)12-27-24(25-3)28-13-19-10-23(31)29-21-7-5-4-6-20(19)21;/h4-9,11,16-17,19H,10,12-15H2,1-3H3,(H,29,31)(H2,25,27,28);1H. The lowest BCUT2D eigenvalue weighted by molar-refractivity contribution is -0.116. The molecule has 2 aliphatic rings. The first-order valence-electron chi connectivity index (χ1n) is 11.2. The summed E-state index contributed by atoms with van der Waals surface area (Å²) in [4.78, 5) is 23.3. The van der Waals surface area contributed by atoms with Crippen LogP contribution in [-0.2, 0) is 16.1 Å². The van der Waals surface area contributed by atoms with Gasteiger partial charge >= 0.3 is 0 Å². The number of aromatic nitrogens is 1. The molecule has 1 fully saturated rings. The zero-order valence-electron chi connectivity index (χ0n) is 19.4. The highest BCUT2D eigenvalue weighted by atomic mass is 127. The molecule has 2 aliphatic heterocycles. The molecule has 0 bridgehead atoms. The first kappa shape index (κ1) is 25.2. The molecule has 33 heavy (non-hydrogen) atoms.